The molecule has 0 unspecified atom stereocenters. The number of carbonyl (C=O) groups is 1. The van der Waals surface area contributed by atoms with Crippen LogP contribution < -0.4 is 0 Å². The number of carbonyl (C=O) groups excluding carboxylic acids is 1. The van der Waals surface area contributed by atoms with Crippen molar-refractivity contribution >= 4 is 16.9 Å². The minimum atomic E-state index is 0.311. The maximum Gasteiger partial charge on any atom is 0.225 e. The molecule has 4 nitrogen and oxygen atoms in total. The summed E-state index contributed by atoms with van der Waals surface area (Å²) in [5.74, 6) is 0.720. The number of piperidine rings is 1. The van der Waals surface area contributed by atoms with Crippen LogP contribution in [-0.4, -0.2) is 33.4 Å². The third-order valence-corrected chi connectivity index (χ3v) is 5.36. The van der Waals surface area contributed by atoms with Crippen LogP contribution in [0.25, 0.3) is 11.0 Å². The SMILES string of the molecule is O=C(C1CCCC1)N1CCC(n2cnc3ccccc32)CC1. The molecule has 22 heavy (non-hydrogen) atoms. The fourth-order valence-electron chi connectivity index (χ4n) is 4.06. The fourth-order valence-corrected chi connectivity index (χ4v) is 4.06. The predicted molar refractivity (Wildman–Crippen MR) is 86.5 cm³/mol. The number of para-hydroxylation sites is 2. The van der Waals surface area contributed by atoms with Crippen molar-refractivity contribution < 1.29 is 4.79 Å². The van der Waals surface area contributed by atoms with Crippen molar-refractivity contribution in [2.75, 3.05) is 13.1 Å². The Bertz CT molecular complexity index is 664. The zero-order valence-electron chi connectivity index (χ0n) is 12.9. The molecule has 4 rings (SSSR count). The fraction of sp³-hybridized carbons (Fsp3) is 0.556. The standard InChI is InChI=1S/C18H23N3O/c22-18(14-5-1-2-6-14)20-11-9-15(10-12-20)21-13-19-16-7-3-4-8-17(16)21/h3-4,7-8,13-15H,1-2,5-6,9-12H2. The van der Waals surface area contributed by atoms with Gasteiger partial charge in [-0.15, -0.1) is 0 Å². The molecular weight excluding hydrogens is 274 g/mol. The van der Waals surface area contributed by atoms with Gasteiger partial charge in [0.1, 0.15) is 0 Å². The average molecular weight is 297 g/mol. The highest BCUT2D eigenvalue weighted by Gasteiger charge is 2.30. The van der Waals surface area contributed by atoms with Gasteiger partial charge in [0.15, 0.2) is 0 Å². The van der Waals surface area contributed by atoms with Crippen LogP contribution in [0.3, 0.4) is 0 Å². The van der Waals surface area contributed by atoms with Crippen LogP contribution in [0.5, 0.6) is 0 Å². The summed E-state index contributed by atoms with van der Waals surface area (Å²) >= 11 is 0. The lowest BCUT2D eigenvalue weighted by atomic mass is 10.0. The van der Waals surface area contributed by atoms with Crippen molar-refractivity contribution in [3.8, 4) is 0 Å². The lowest BCUT2D eigenvalue weighted by Crippen LogP contribution is -2.41. The highest BCUT2D eigenvalue weighted by Crippen LogP contribution is 2.30. The van der Waals surface area contributed by atoms with Gasteiger partial charge in [-0.1, -0.05) is 25.0 Å². The zero-order chi connectivity index (χ0) is 14.9. The Hall–Kier alpha value is -1.84. The molecule has 1 aliphatic heterocycles. The number of imidazole rings is 1. The van der Waals surface area contributed by atoms with E-state index in [0.29, 0.717) is 17.9 Å². The van der Waals surface area contributed by atoms with Gasteiger partial charge >= 0.3 is 0 Å². The Labute approximate surface area is 131 Å². The van der Waals surface area contributed by atoms with Crippen LogP contribution in [0.4, 0.5) is 0 Å². The number of likely N-dealkylation sites (tertiary alicyclic amines) is 1. The van der Waals surface area contributed by atoms with Crippen LogP contribution in [-0.2, 0) is 4.79 Å². The second-order valence-corrected chi connectivity index (χ2v) is 6.68. The van der Waals surface area contributed by atoms with Gasteiger partial charge < -0.3 is 9.47 Å². The van der Waals surface area contributed by atoms with E-state index in [4.69, 9.17) is 0 Å². The maximum absolute atomic E-state index is 12.5. The van der Waals surface area contributed by atoms with E-state index in [1.165, 1.54) is 18.4 Å². The molecule has 0 atom stereocenters. The lowest BCUT2D eigenvalue weighted by Gasteiger charge is -2.34. The highest BCUT2D eigenvalue weighted by molar-refractivity contribution is 5.79. The molecule has 0 radical (unpaired) electrons. The second kappa shape index (κ2) is 5.75. The third-order valence-electron chi connectivity index (χ3n) is 5.36. The van der Waals surface area contributed by atoms with E-state index in [1.807, 2.05) is 12.4 Å². The van der Waals surface area contributed by atoms with Crippen molar-refractivity contribution in [3.63, 3.8) is 0 Å². The molecule has 1 saturated carbocycles. The van der Waals surface area contributed by atoms with Crippen molar-refractivity contribution in [1.29, 1.82) is 0 Å². The molecule has 0 spiro atoms. The van der Waals surface area contributed by atoms with Gasteiger partial charge in [-0.2, -0.15) is 0 Å². The van der Waals surface area contributed by atoms with Crippen molar-refractivity contribution in [1.82, 2.24) is 14.5 Å². The van der Waals surface area contributed by atoms with Crippen molar-refractivity contribution in [3.05, 3.63) is 30.6 Å². The molecule has 1 saturated heterocycles. The topological polar surface area (TPSA) is 38.1 Å². The number of fused-ring (bicyclic) bond motifs is 1. The van der Waals surface area contributed by atoms with Crippen LogP contribution in [0.1, 0.15) is 44.6 Å². The smallest absolute Gasteiger partial charge is 0.225 e. The zero-order valence-corrected chi connectivity index (χ0v) is 12.9. The molecule has 0 bridgehead atoms. The van der Waals surface area contributed by atoms with Gasteiger partial charge in [-0.05, 0) is 37.8 Å². The first-order valence-electron chi connectivity index (χ1n) is 8.53. The number of aromatic nitrogens is 2. The first kappa shape index (κ1) is 13.8. The molecule has 1 aromatic carbocycles. The van der Waals surface area contributed by atoms with E-state index in [1.54, 1.807) is 0 Å². The molecule has 4 heteroatoms. The van der Waals surface area contributed by atoms with Gasteiger partial charge in [-0.3, -0.25) is 4.79 Å². The Morgan fingerprint density at radius 2 is 1.77 bits per heavy atom. The third kappa shape index (κ3) is 2.40. The van der Waals surface area contributed by atoms with Gasteiger partial charge in [0, 0.05) is 25.0 Å². The monoisotopic (exact) mass is 297 g/mol. The van der Waals surface area contributed by atoms with Crippen LogP contribution in [0.15, 0.2) is 30.6 Å². The number of nitrogens with zero attached hydrogens (tertiary/aromatic N) is 3. The molecule has 116 valence electrons. The van der Waals surface area contributed by atoms with Crippen LogP contribution in [0, 0.1) is 5.92 Å². The molecule has 0 N–H and O–H groups in total. The molecule has 2 heterocycles. The average Bonchev–Trinajstić information content (AvgIpc) is 3.24. The van der Waals surface area contributed by atoms with Crippen molar-refractivity contribution in [2.24, 2.45) is 5.92 Å². The first-order chi connectivity index (χ1) is 10.8. The maximum atomic E-state index is 12.5. The molecule has 1 aliphatic carbocycles. The van der Waals surface area contributed by atoms with Crippen LogP contribution >= 0.6 is 0 Å². The molecule has 2 fully saturated rings. The summed E-state index contributed by atoms with van der Waals surface area (Å²) in [7, 11) is 0. The number of hydrogen-bond donors (Lipinski definition) is 0. The van der Waals surface area contributed by atoms with E-state index in [0.717, 1.165) is 44.3 Å². The van der Waals surface area contributed by atoms with Gasteiger partial charge in [0.25, 0.3) is 0 Å². The molecule has 1 aromatic heterocycles. The van der Waals surface area contributed by atoms with E-state index >= 15 is 0 Å². The number of rotatable bonds is 2. The lowest BCUT2D eigenvalue weighted by molar-refractivity contribution is -0.136. The number of amides is 1. The Morgan fingerprint density at radius 1 is 1.05 bits per heavy atom. The first-order valence-corrected chi connectivity index (χ1v) is 8.53. The van der Waals surface area contributed by atoms with Crippen molar-refractivity contribution in [2.45, 2.75) is 44.6 Å². The Morgan fingerprint density at radius 3 is 2.55 bits per heavy atom. The Kier molecular flexibility index (Phi) is 3.60. The van der Waals surface area contributed by atoms with E-state index < -0.39 is 0 Å². The summed E-state index contributed by atoms with van der Waals surface area (Å²) < 4.78 is 2.30. The van der Waals surface area contributed by atoms with Crippen LogP contribution in [0.2, 0.25) is 0 Å². The highest BCUT2D eigenvalue weighted by atomic mass is 16.2. The van der Waals surface area contributed by atoms with E-state index in [2.05, 4.69) is 32.7 Å². The normalized spacial score (nSPS) is 20.8. The quantitative estimate of drug-likeness (QED) is 0.852. The minimum absolute atomic E-state index is 0.311. The number of hydrogen-bond acceptors (Lipinski definition) is 2. The van der Waals surface area contributed by atoms with Gasteiger partial charge in [-0.25, -0.2) is 4.98 Å². The summed E-state index contributed by atoms with van der Waals surface area (Å²) in [6.45, 7) is 1.79. The van der Waals surface area contributed by atoms with E-state index in [9.17, 15) is 4.79 Å². The summed E-state index contributed by atoms with van der Waals surface area (Å²) in [5, 5.41) is 0. The summed E-state index contributed by atoms with van der Waals surface area (Å²) in [4.78, 5) is 19.1. The summed E-state index contributed by atoms with van der Waals surface area (Å²) in [5.41, 5.74) is 2.27. The Balaban J connectivity index is 1.44. The van der Waals surface area contributed by atoms with Gasteiger partial charge in [0.2, 0.25) is 5.91 Å². The molecular formula is C18H23N3O. The summed E-state index contributed by atoms with van der Waals surface area (Å²) in [6.07, 6.45) is 8.71. The molecule has 2 aromatic rings. The molecule has 1 amide bonds. The largest absolute Gasteiger partial charge is 0.342 e. The summed E-state index contributed by atoms with van der Waals surface area (Å²) in [6, 6.07) is 8.77. The van der Waals surface area contributed by atoms with E-state index in [-0.39, 0.29) is 0 Å². The second-order valence-electron chi connectivity index (χ2n) is 6.68. The van der Waals surface area contributed by atoms with Gasteiger partial charge in [0.05, 0.1) is 17.4 Å². The minimum Gasteiger partial charge on any atom is -0.342 e. The predicted octanol–water partition coefficient (Wildman–Crippen LogP) is 3.39. The number of benzene rings is 1. The molecule has 2 aliphatic rings.